The molecule has 0 aliphatic rings. The Balaban J connectivity index is 1.65. The average Bonchev–Trinajstić information content (AvgIpc) is 2.78. The zero-order valence-corrected chi connectivity index (χ0v) is 17.0. The van der Waals surface area contributed by atoms with E-state index in [2.05, 4.69) is 26.5 Å². The monoisotopic (exact) mass is 457 g/mol. The number of carbonyl (C=O) groups excluding carboxylic acids is 1. The number of benzene rings is 2. The van der Waals surface area contributed by atoms with E-state index >= 15 is 0 Å². The SMILES string of the molecule is Nc1ccc(C#Cc2ccc(OC(F)(F)F)cc2)cc1C(=O)N(N)CCOc1ncccn1. The van der Waals surface area contributed by atoms with E-state index in [1.165, 1.54) is 36.7 Å². The molecule has 0 spiro atoms. The number of carbonyl (C=O) groups is 1. The number of hydrazine groups is 1. The lowest BCUT2D eigenvalue weighted by Gasteiger charge is -2.17. The molecule has 3 rings (SSSR count). The van der Waals surface area contributed by atoms with Gasteiger partial charge < -0.3 is 15.2 Å². The summed E-state index contributed by atoms with van der Waals surface area (Å²) in [5.74, 6) is 10.6. The first kappa shape index (κ1) is 23.4. The van der Waals surface area contributed by atoms with E-state index in [1.807, 2.05) is 0 Å². The van der Waals surface area contributed by atoms with Crippen molar-refractivity contribution in [2.24, 2.45) is 5.84 Å². The highest BCUT2D eigenvalue weighted by atomic mass is 19.4. The van der Waals surface area contributed by atoms with Gasteiger partial charge in [-0.2, -0.15) is 0 Å². The maximum Gasteiger partial charge on any atom is 0.573 e. The first-order valence-electron chi connectivity index (χ1n) is 9.45. The van der Waals surface area contributed by atoms with Gasteiger partial charge in [-0.1, -0.05) is 11.8 Å². The zero-order valence-electron chi connectivity index (χ0n) is 17.0. The first-order valence-corrected chi connectivity index (χ1v) is 9.45. The van der Waals surface area contributed by atoms with Crippen molar-refractivity contribution in [3.05, 3.63) is 77.6 Å². The Labute approximate surface area is 186 Å². The third-order valence-electron chi connectivity index (χ3n) is 4.09. The van der Waals surface area contributed by atoms with Crippen molar-refractivity contribution in [1.82, 2.24) is 15.0 Å². The van der Waals surface area contributed by atoms with E-state index in [1.54, 1.807) is 12.1 Å². The van der Waals surface area contributed by atoms with Gasteiger partial charge in [-0.3, -0.25) is 9.80 Å². The molecule has 0 bridgehead atoms. The average molecular weight is 457 g/mol. The summed E-state index contributed by atoms with van der Waals surface area (Å²) in [4.78, 5) is 20.5. The van der Waals surface area contributed by atoms with Crippen LogP contribution in [0.4, 0.5) is 18.9 Å². The van der Waals surface area contributed by atoms with Crippen LogP contribution >= 0.6 is 0 Å². The van der Waals surface area contributed by atoms with Crippen LogP contribution in [-0.2, 0) is 0 Å². The van der Waals surface area contributed by atoms with Gasteiger partial charge >= 0.3 is 12.4 Å². The van der Waals surface area contributed by atoms with Crippen molar-refractivity contribution >= 4 is 11.6 Å². The number of alkyl halides is 3. The van der Waals surface area contributed by atoms with Crippen molar-refractivity contribution in [2.45, 2.75) is 6.36 Å². The Morgan fingerprint density at radius 1 is 1.03 bits per heavy atom. The van der Waals surface area contributed by atoms with Crippen molar-refractivity contribution in [2.75, 3.05) is 18.9 Å². The largest absolute Gasteiger partial charge is 0.573 e. The fraction of sp³-hybridized carbons (Fsp3) is 0.136. The first-order chi connectivity index (χ1) is 15.7. The summed E-state index contributed by atoms with van der Waals surface area (Å²) in [5.41, 5.74) is 7.19. The molecule has 1 heterocycles. The highest BCUT2D eigenvalue weighted by Gasteiger charge is 2.30. The quantitative estimate of drug-likeness (QED) is 0.192. The Bertz CT molecular complexity index is 1160. The normalized spacial score (nSPS) is 10.7. The van der Waals surface area contributed by atoms with Crippen LogP contribution in [0, 0.1) is 11.8 Å². The van der Waals surface area contributed by atoms with Gasteiger partial charge in [0.2, 0.25) is 0 Å². The van der Waals surface area contributed by atoms with Gasteiger partial charge in [-0.05, 0) is 48.5 Å². The number of nitrogen functional groups attached to an aromatic ring is 1. The fourth-order valence-electron chi connectivity index (χ4n) is 2.56. The lowest BCUT2D eigenvalue weighted by atomic mass is 10.1. The molecule has 33 heavy (non-hydrogen) atoms. The minimum Gasteiger partial charge on any atom is -0.462 e. The molecule has 170 valence electrons. The van der Waals surface area contributed by atoms with E-state index in [0.717, 1.165) is 17.1 Å². The van der Waals surface area contributed by atoms with Crippen molar-refractivity contribution in [3.8, 4) is 23.6 Å². The number of nitrogens with zero attached hydrogens (tertiary/aromatic N) is 3. The molecule has 0 radical (unpaired) electrons. The smallest absolute Gasteiger partial charge is 0.462 e. The molecule has 0 aliphatic carbocycles. The number of amides is 1. The van der Waals surface area contributed by atoms with Gasteiger partial charge in [-0.25, -0.2) is 15.8 Å². The molecule has 1 aromatic heterocycles. The molecule has 1 amide bonds. The predicted molar refractivity (Wildman–Crippen MR) is 113 cm³/mol. The van der Waals surface area contributed by atoms with Crippen molar-refractivity contribution in [1.29, 1.82) is 0 Å². The van der Waals surface area contributed by atoms with Crippen LogP contribution in [0.2, 0.25) is 0 Å². The number of hydrogen-bond donors (Lipinski definition) is 2. The van der Waals surface area contributed by atoms with Crippen LogP contribution in [0.1, 0.15) is 21.5 Å². The number of aromatic nitrogens is 2. The maximum atomic E-state index is 12.7. The summed E-state index contributed by atoms with van der Waals surface area (Å²) in [7, 11) is 0. The molecule has 0 saturated heterocycles. The van der Waals surface area contributed by atoms with E-state index in [4.69, 9.17) is 16.3 Å². The molecule has 0 aliphatic heterocycles. The lowest BCUT2D eigenvalue weighted by molar-refractivity contribution is -0.274. The molecule has 0 saturated carbocycles. The second-order valence-corrected chi connectivity index (χ2v) is 6.50. The molecule has 0 fully saturated rings. The standard InChI is InChI=1S/C22H18F3N5O3/c23-22(24,25)33-17-7-4-15(5-8-17)2-3-16-6-9-19(26)18(14-16)20(31)30(27)12-13-32-21-28-10-1-11-29-21/h1,4-11,14H,12-13,26-27H2. The molecular formula is C22H18F3N5O3. The minimum atomic E-state index is -4.77. The van der Waals surface area contributed by atoms with Gasteiger partial charge in [-0.15, -0.1) is 13.2 Å². The minimum absolute atomic E-state index is 0.0543. The number of nitrogens with two attached hydrogens (primary N) is 2. The molecule has 2 aromatic carbocycles. The van der Waals surface area contributed by atoms with Gasteiger partial charge in [0, 0.05) is 29.2 Å². The summed E-state index contributed by atoms with van der Waals surface area (Å²) in [5, 5.41) is 0.950. The van der Waals surface area contributed by atoms with Crippen LogP contribution in [0.25, 0.3) is 0 Å². The van der Waals surface area contributed by atoms with Gasteiger partial charge in [0.05, 0.1) is 12.1 Å². The number of anilines is 1. The van der Waals surface area contributed by atoms with E-state index in [9.17, 15) is 18.0 Å². The predicted octanol–water partition coefficient (Wildman–Crippen LogP) is 2.75. The van der Waals surface area contributed by atoms with Crippen molar-refractivity contribution < 1.29 is 27.4 Å². The number of hydrogen-bond acceptors (Lipinski definition) is 7. The molecule has 11 heteroatoms. The number of halogens is 3. The third kappa shape index (κ3) is 7.12. The summed E-state index contributed by atoms with van der Waals surface area (Å²) in [6, 6.07) is 11.5. The number of ether oxygens (including phenoxy) is 2. The fourth-order valence-corrected chi connectivity index (χ4v) is 2.56. The molecular weight excluding hydrogens is 439 g/mol. The Hall–Kier alpha value is -4.30. The van der Waals surface area contributed by atoms with Crippen LogP contribution in [0.5, 0.6) is 11.8 Å². The second-order valence-electron chi connectivity index (χ2n) is 6.50. The lowest BCUT2D eigenvalue weighted by Crippen LogP contribution is -2.40. The molecule has 4 N–H and O–H groups in total. The second kappa shape index (κ2) is 10.3. The van der Waals surface area contributed by atoms with E-state index < -0.39 is 12.3 Å². The number of rotatable bonds is 6. The third-order valence-corrected chi connectivity index (χ3v) is 4.09. The highest BCUT2D eigenvalue weighted by Crippen LogP contribution is 2.22. The van der Waals surface area contributed by atoms with Gasteiger partial charge in [0.1, 0.15) is 12.4 Å². The zero-order chi connectivity index (χ0) is 23.8. The van der Waals surface area contributed by atoms with E-state index in [0.29, 0.717) is 11.1 Å². The highest BCUT2D eigenvalue weighted by molar-refractivity contribution is 5.99. The van der Waals surface area contributed by atoms with Crippen LogP contribution < -0.4 is 21.1 Å². The van der Waals surface area contributed by atoms with Crippen molar-refractivity contribution in [3.63, 3.8) is 0 Å². The summed E-state index contributed by atoms with van der Waals surface area (Å²) in [6.07, 6.45) is -1.73. The summed E-state index contributed by atoms with van der Waals surface area (Å²) >= 11 is 0. The van der Waals surface area contributed by atoms with Gasteiger partial charge in [0.25, 0.3) is 5.91 Å². The van der Waals surface area contributed by atoms with Crippen LogP contribution in [-0.4, -0.2) is 40.4 Å². The Morgan fingerprint density at radius 3 is 2.33 bits per heavy atom. The Morgan fingerprint density at radius 2 is 1.67 bits per heavy atom. The topological polar surface area (TPSA) is 117 Å². The summed E-state index contributed by atoms with van der Waals surface area (Å²) < 4.78 is 45.8. The van der Waals surface area contributed by atoms with Crippen LogP contribution in [0.3, 0.4) is 0 Å². The Kier molecular flexibility index (Phi) is 7.32. The van der Waals surface area contributed by atoms with Gasteiger partial charge in [0.15, 0.2) is 0 Å². The molecule has 3 aromatic rings. The molecule has 0 atom stereocenters. The van der Waals surface area contributed by atoms with E-state index in [-0.39, 0.29) is 36.2 Å². The molecule has 8 nitrogen and oxygen atoms in total. The van der Waals surface area contributed by atoms with Crippen LogP contribution in [0.15, 0.2) is 60.9 Å². The maximum absolute atomic E-state index is 12.7. The molecule has 0 unspecified atom stereocenters. The summed E-state index contributed by atoms with van der Waals surface area (Å²) in [6.45, 7) is 0.123.